The number of ether oxygens (including phenoxy) is 1. The first-order valence-electron chi connectivity index (χ1n) is 8.72. The molecule has 0 unspecified atom stereocenters. The number of hydrogen-bond acceptors (Lipinski definition) is 4. The Morgan fingerprint density at radius 1 is 1.31 bits per heavy atom. The van der Waals surface area contributed by atoms with Gasteiger partial charge in [-0.15, -0.1) is 0 Å². The molecule has 2 aromatic rings. The summed E-state index contributed by atoms with van der Waals surface area (Å²) in [6, 6.07) is 11.7. The molecule has 0 amide bonds. The molecule has 6 heteroatoms. The van der Waals surface area contributed by atoms with Crippen molar-refractivity contribution in [3.8, 4) is 5.75 Å². The van der Waals surface area contributed by atoms with Gasteiger partial charge in [0, 0.05) is 10.4 Å². The summed E-state index contributed by atoms with van der Waals surface area (Å²) >= 11 is 3.47. The van der Waals surface area contributed by atoms with Crippen LogP contribution in [-0.4, -0.2) is 11.5 Å². The quantitative estimate of drug-likeness (QED) is 0.402. The molecule has 5 nitrogen and oxygen atoms in total. The highest BCUT2D eigenvalue weighted by molar-refractivity contribution is 9.10. The lowest BCUT2D eigenvalue weighted by Gasteiger charge is -2.37. The second-order valence-electron chi connectivity index (χ2n) is 6.62. The van der Waals surface area contributed by atoms with E-state index in [0.717, 1.165) is 22.0 Å². The van der Waals surface area contributed by atoms with E-state index in [-0.39, 0.29) is 22.6 Å². The van der Waals surface area contributed by atoms with Crippen molar-refractivity contribution in [3.05, 3.63) is 74.3 Å². The van der Waals surface area contributed by atoms with E-state index in [1.54, 1.807) is 0 Å². The molecule has 1 N–H and O–H groups in total. The van der Waals surface area contributed by atoms with Gasteiger partial charge in [0.2, 0.25) is 0 Å². The average molecular weight is 415 g/mol. The van der Waals surface area contributed by atoms with E-state index in [1.807, 2.05) is 25.1 Å². The highest BCUT2D eigenvalue weighted by atomic mass is 79.9. The Morgan fingerprint density at radius 2 is 2.08 bits per heavy atom. The molecular formula is C20H19BrN2O3. The minimum absolute atomic E-state index is 0.0345. The summed E-state index contributed by atoms with van der Waals surface area (Å²) < 4.78 is 6.59. The molecule has 0 fully saturated rings. The maximum atomic E-state index is 11.7. The molecule has 2 aromatic carbocycles. The number of nitro groups is 1. The highest BCUT2D eigenvalue weighted by Gasteiger charge is 2.41. The van der Waals surface area contributed by atoms with E-state index in [9.17, 15) is 10.1 Å². The predicted octanol–water partition coefficient (Wildman–Crippen LogP) is 5.58. The summed E-state index contributed by atoms with van der Waals surface area (Å²) in [6.45, 7) is 2.36. The van der Waals surface area contributed by atoms with Crippen LogP contribution >= 0.6 is 15.9 Å². The Hall–Kier alpha value is -2.34. The van der Waals surface area contributed by atoms with Crippen LogP contribution in [0.15, 0.2) is 53.0 Å². The summed E-state index contributed by atoms with van der Waals surface area (Å²) in [5, 5.41) is 15.2. The number of halogens is 1. The fourth-order valence-electron chi connectivity index (χ4n) is 4.05. The summed E-state index contributed by atoms with van der Waals surface area (Å²) in [6.07, 6.45) is 5.30. The Kier molecular flexibility index (Phi) is 4.44. The van der Waals surface area contributed by atoms with Crippen LogP contribution in [0.25, 0.3) is 0 Å². The Morgan fingerprint density at radius 3 is 2.77 bits per heavy atom. The zero-order valence-corrected chi connectivity index (χ0v) is 15.9. The number of benzene rings is 2. The topological polar surface area (TPSA) is 64.4 Å². The zero-order valence-electron chi connectivity index (χ0n) is 14.3. The lowest BCUT2D eigenvalue weighted by Crippen LogP contribution is -2.29. The summed E-state index contributed by atoms with van der Waals surface area (Å²) in [7, 11) is 0. The highest BCUT2D eigenvalue weighted by Crippen LogP contribution is 2.53. The van der Waals surface area contributed by atoms with Crippen LogP contribution in [0.2, 0.25) is 0 Å². The molecule has 134 valence electrons. The molecule has 3 atom stereocenters. The van der Waals surface area contributed by atoms with Gasteiger partial charge in [0.05, 0.1) is 23.6 Å². The molecule has 1 aliphatic carbocycles. The summed E-state index contributed by atoms with van der Waals surface area (Å²) in [5.74, 6) is 1.04. The number of anilines is 1. The maximum Gasteiger partial charge on any atom is 0.296 e. The molecule has 0 radical (unpaired) electrons. The molecule has 0 saturated heterocycles. The minimum atomic E-state index is -0.327. The summed E-state index contributed by atoms with van der Waals surface area (Å²) in [5.41, 5.74) is 2.78. The van der Waals surface area contributed by atoms with Gasteiger partial charge in [0.1, 0.15) is 11.4 Å². The third-order valence-corrected chi connectivity index (χ3v) is 5.69. The van der Waals surface area contributed by atoms with Crippen LogP contribution in [0.3, 0.4) is 0 Å². The van der Waals surface area contributed by atoms with Gasteiger partial charge in [-0.3, -0.25) is 10.1 Å². The van der Waals surface area contributed by atoms with Gasteiger partial charge >= 0.3 is 0 Å². The van der Waals surface area contributed by atoms with Crippen molar-refractivity contribution in [1.82, 2.24) is 0 Å². The third-order valence-electron chi connectivity index (χ3n) is 5.16. The second-order valence-corrected chi connectivity index (χ2v) is 7.54. The molecule has 0 saturated carbocycles. The lowest BCUT2D eigenvalue weighted by molar-refractivity contribution is -0.384. The van der Waals surface area contributed by atoms with Crippen molar-refractivity contribution >= 4 is 27.3 Å². The monoisotopic (exact) mass is 414 g/mol. The maximum absolute atomic E-state index is 11.7. The van der Waals surface area contributed by atoms with E-state index < -0.39 is 0 Å². The smallest absolute Gasteiger partial charge is 0.296 e. The Labute approximate surface area is 160 Å². The van der Waals surface area contributed by atoms with Gasteiger partial charge < -0.3 is 10.1 Å². The largest absolute Gasteiger partial charge is 0.494 e. The van der Waals surface area contributed by atoms with Crippen LogP contribution < -0.4 is 10.1 Å². The molecule has 0 spiro atoms. The number of nitro benzene ring substituents is 1. The van der Waals surface area contributed by atoms with Gasteiger partial charge in [-0.2, -0.15) is 0 Å². The fraction of sp³-hybridized carbons (Fsp3) is 0.300. The van der Waals surface area contributed by atoms with Crippen molar-refractivity contribution in [2.75, 3.05) is 11.9 Å². The third kappa shape index (κ3) is 2.88. The molecule has 26 heavy (non-hydrogen) atoms. The Balaban J connectivity index is 1.83. The number of nitrogens with zero attached hydrogens (tertiary/aromatic N) is 1. The van der Waals surface area contributed by atoms with E-state index in [1.165, 1.54) is 6.07 Å². The molecule has 2 aliphatic rings. The van der Waals surface area contributed by atoms with Crippen molar-refractivity contribution in [2.45, 2.75) is 25.3 Å². The molecule has 1 aliphatic heterocycles. The standard InChI is InChI=1S/C20H19BrN2O3/c1-2-26-14-10-17-15-4-3-5-16(15)19(12-6-8-13(21)9-7-12)22-20(17)18(11-14)23(24)25/h3-4,6-11,15-16,19,22H,2,5H2,1H3/t15-,16-,19+/m0/s1. The number of hydrogen-bond donors (Lipinski definition) is 1. The van der Waals surface area contributed by atoms with Gasteiger partial charge in [0.25, 0.3) is 5.69 Å². The normalized spacial score (nSPS) is 23.1. The van der Waals surface area contributed by atoms with E-state index in [0.29, 0.717) is 24.0 Å². The molecule has 4 rings (SSSR count). The van der Waals surface area contributed by atoms with E-state index in [4.69, 9.17) is 4.74 Å². The zero-order chi connectivity index (χ0) is 18.3. The predicted molar refractivity (Wildman–Crippen MR) is 105 cm³/mol. The first kappa shape index (κ1) is 17.1. The number of fused-ring (bicyclic) bond motifs is 3. The van der Waals surface area contributed by atoms with Gasteiger partial charge in [-0.05, 0) is 48.6 Å². The van der Waals surface area contributed by atoms with Crippen molar-refractivity contribution in [2.24, 2.45) is 5.92 Å². The lowest BCUT2D eigenvalue weighted by atomic mass is 9.76. The van der Waals surface area contributed by atoms with Crippen LogP contribution in [0.4, 0.5) is 11.4 Å². The average Bonchev–Trinajstić information content (AvgIpc) is 3.11. The van der Waals surface area contributed by atoms with Gasteiger partial charge in [-0.1, -0.05) is 40.2 Å². The fourth-order valence-corrected chi connectivity index (χ4v) is 4.31. The van der Waals surface area contributed by atoms with Crippen LogP contribution in [-0.2, 0) is 0 Å². The van der Waals surface area contributed by atoms with Crippen molar-refractivity contribution < 1.29 is 9.66 Å². The molecule has 0 bridgehead atoms. The first-order chi connectivity index (χ1) is 12.6. The van der Waals surface area contributed by atoms with Gasteiger partial charge in [-0.25, -0.2) is 0 Å². The van der Waals surface area contributed by atoms with E-state index in [2.05, 4.69) is 45.5 Å². The van der Waals surface area contributed by atoms with Crippen LogP contribution in [0.5, 0.6) is 5.75 Å². The second kappa shape index (κ2) is 6.76. The first-order valence-corrected chi connectivity index (χ1v) is 9.51. The minimum Gasteiger partial charge on any atom is -0.494 e. The van der Waals surface area contributed by atoms with Gasteiger partial charge in [0.15, 0.2) is 0 Å². The van der Waals surface area contributed by atoms with Crippen LogP contribution in [0, 0.1) is 16.0 Å². The van der Waals surface area contributed by atoms with Crippen LogP contribution in [0.1, 0.15) is 36.4 Å². The number of rotatable bonds is 4. The number of allylic oxidation sites excluding steroid dienone is 2. The molecule has 0 aromatic heterocycles. The number of nitrogens with one attached hydrogen (secondary N) is 1. The molecule has 1 heterocycles. The SMILES string of the molecule is CCOc1cc2c(c([N+](=O)[O-])c1)N[C@H](c1ccc(Br)cc1)[C@H]1CC=C[C@H]21. The summed E-state index contributed by atoms with van der Waals surface area (Å²) in [4.78, 5) is 11.4. The Bertz CT molecular complexity index is 879. The van der Waals surface area contributed by atoms with E-state index >= 15 is 0 Å². The van der Waals surface area contributed by atoms with Crippen molar-refractivity contribution in [3.63, 3.8) is 0 Å². The van der Waals surface area contributed by atoms with Crippen molar-refractivity contribution in [1.29, 1.82) is 0 Å². The molecular weight excluding hydrogens is 396 g/mol.